The Morgan fingerprint density at radius 3 is 2.52 bits per heavy atom. The second kappa shape index (κ2) is 12.7. The molecule has 1 heterocycles. The lowest BCUT2D eigenvalue weighted by molar-refractivity contribution is -0.127. The highest BCUT2D eigenvalue weighted by Gasteiger charge is 2.18. The Labute approximate surface area is 197 Å². The Bertz CT molecular complexity index is 648. The number of nitrogens with one attached hydrogen (secondary N) is 2. The monoisotopic (exact) mass is 535 g/mol. The number of amides is 1. The summed E-state index contributed by atoms with van der Waals surface area (Å²) in [5.74, 6) is 1.44. The molecule has 0 saturated heterocycles. The first-order valence-corrected chi connectivity index (χ1v) is 11.3. The predicted molar refractivity (Wildman–Crippen MR) is 134 cm³/mol. The van der Waals surface area contributed by atoms with Crippen LogP contribution in [0.25, 0.3) is 0 Å². The van der Waals surface area contributed by atoms with Gasteiger partial charge in [-0.2, -0.15) is 0 Å². The Kier molecular flexibility index (Phi) is 11.5. The quantitative estimate of drug-likeness (QED) is 0.317. The topological polar surface area (TPSA) is 69.6 Å². The Morgan fingerprint density at radius 2 is 1.93 bits per heavy atom. The van der Waals surface area contributed by atoms with Crippen LogP contribution in [-0.2, 0) is 16.6 Å². The Morgan fingerprint density at radius 1 is 1.24 bits per heavy atom. The molecule has 1 aliphatic rings. The number of carbonyl (C=O) groups excluding carboxylic acids is 1. The number of nitrogens with zero attached hydrogens (tertiary/aromatic N) is 3. The van der Waals surface area contributed by atoms with Crippen molar-refractivity contribution in [3.8, 4) is 0 Å². The molecule has 0 unspecified atom stereocenters. The summed E-state index contributed by atoms with van der Waals surface area (Å²) in [6.07, 6.45) is 7.42. The average molecular weight is 536 g/mol. The number of aromatic nitrogens is 1. The van der Waals surface area contributed by atoms with Crippen molar-refractivity contribution in [2.75, 3.05) is 33.7 Å². The minimum absolute atomic E-state index is 0. The number of aliphatic imine (C=N–C) groups is 1. The van der Waals surface area contributed by atoms with E-state index in [2.05, 4.69) is 41.8 Å². The van der Waals surface area contributed by atoms with E-state index < -0.39 is 0 Å². The molecular formula is C21H38IN5OS. The van der Waals surface area contributed by atoms with Crippen LogP contribution in [0.3, 0.4) is 0 Å². The van der Waals surface area contributed by atoms with Gasteiger partial charge in [0.2, 0.25) is 5.91 Å². The molecule has 1 amide bonds. The van der Waals surface area contributed by atoms with Gasteiger partial charge >= 0.3 is 0 Å². The van der Waals surface area contributed by atoms with Crippen molar-refractivity contribution >= 4 is 47.2 Å². The highest BCUT2D eigenvalue weighted by molar-refractivity contribution is 14.0. The molecule has 8 heteroatoms. The average Bonchev–Trinajstić information content (AvgIpc) is 3.13. The maximum absolute atomic E-state index is 11.9. The normalized spacial score (nSPS) is 15.6. The third-order valence-corrected chi connectivity index (χ3v) is 6.34. The highest BCUT2D eigenvalue weighted by atomic mass is 127. The minimum Gasteiger partial charge on any atom is -0.356 e. The molecule has 1 aromatic rings. The van der Waals surface area contributed by atoms with E-state index in [1.807, 2.05) is 0 Å². The van der Waals surface area contributed by atoms with E-state index in [0.717, 1.165) is 31.2 Å². The smallest absolute Gasteiger partial charge is 0.243 e. The molecule has 1 fully saturated rings. The first-order valence-electron chi connectivity index (χ1n) is 10.4. The van der Waals surface area contributed by atoms with Gasteiger partial charge in [0.05, 0.1) is 10.7 Å². The number of guanidine groups is 1. The summed E-state index contributed by atoms with van der Waals surface area (Å²) in [6.45, 7) is 8.41. The van der Waals surface area contributed by atoms with Crippen LogP contribution >= 0.6 is 35.3 Å². The zero-order valence-electron chi connectivity index (χ0n) is 18.6. The van der Waals surface area contributed by atoms with Crippen LogP contribution in [0.1, 0.15) is 63.6 Å². The SMILES string of the molecule is CN(C)C(=O)CN=C(NCCc1csc(C(C)(C)C)n1)NCC1CCCCC1.I. The van der Waals surface area contributed by atoms with E-state index in [9.17, 15) is 4.79 Å². The molecule has 0 bridgehead atoms. The maximum Gasteiger partial charge on any atom is 0.243 e. The lowest BCUT2D eigenvalue weighted by Crippen LogP contribution is -2.41. The molecule has 2 rings (SSSR count). The number of hydrogen-bond donors (Lipinski definition) is 2. The minimum atomic E-state index is 0. The van der Waals surface area contributed by atoms with Crippen LogP contribution < -0.4 is 10.6 Å². The van der Waals surface area contributed by atoms with Crippen molar-refractivity contribution in [3.05, 3.63) is 16.1 Å². The Balaban J connectivity index is 0.00000420. The zero-order chi connectivity index (χ0) is 20.6. The summed E-state index contributed by atoms with van der Waals surface area (Å²) in [5.41, 5.74) is 1.20. The number of carbonyl (C=O) groups is 1. The van der Waals surface area contributed by atoms with E-state index in [0.29, 0.717) is 5.92 Å². The molecule has 166 valence electrons. The van der Waals surface area contributed by atoms with Crippen LogP contribution in [0.2, 0.25) is 0 Å². The second-order valence-electron chi connectivity index (χ2n) is 8.91. The number of thiazole rings is 1. The van der Waals surface area contributed by atoms with Gasteiger partial charge in [0, 0.05) is 44.4 Å². The zero-order valence-corrected chi connectivity index (χ0v) is 21.7. The van der Waals surface area contributed by atoms with E-state index in [4.69, 9.17) is 4.98 Å². The van der Waals surface area contributed by atoms with Gasteiger partial charge in [-0.15, -0.1) is 35.3 Å². The summed E-state index contributed by atoms with van der Waals surface area (Å²) in [4.78, 5) is 22.7. The van der Waals surface area contributed by atoms with Gasteiger partial charge in [-0.1, -0.05) is 40.0 Å². The van der Waals surface area contributed by atoms with Gasteiger partial charge in [-0.3, -0.25) is 4.79 Å². The summed E-state index contributed by atoms with van der Waals surface area (Å²) >= 11 is 1.73. The van der Waals surface area contributed by atoms with Crippen molar-refractivity contribution in [1.82, 2.24) is 20.5 Å². The summed E-state index contributed by atoms with van der Waals surface area (Å²) < 4.78 is 0. The first kappa shape index (κ1) is 26.1. The standard InChI is InChI=1S/C21H37N5OS.HI/c1-21(2,3)19-25-17(15-28-19)11-12-22-20(24-14-18(27)26(4)5)23-13-16-9-7-6-8-10-16;/h15-16H,6-14H2,1-5H3,(H2,22,23,24);1H. The summed E-state index contributed by atoms with van der Waals surface area (Å²) in [7, 11) is 3.52. The molecule has 0 atom stereocenters. The molecule has 1 aromatic heterocycles. The van der Waals surface area contributed by atoms with Gasteiger partial charge in [0.25, 0.3) is 0 Å². The molecule has 29 heavy (non-hydrogen) atoms. The highest BCUT2D eigenvalue weighted by Crippen LogP contribution is 2.25. The Hall–Kier alpha value is -0.900. The van der Waals surface area contributed by atoms with Crippen LogP contribution in [-0.4, -0.2) is 55.5 Å². The largest absolute Gasteiger partial charge is 0.356 e. The number of halogens is 1. The fraction of sp³-hybridized carbons (Fsp3) is 0.762. The van der Waals surface area contributed by atoms with Crippen LogP contribution in [0.4, 0.5) is 0 Å². The van der Waals surface area contributed by atoms with Gasteiger partial charge in [-0.25, -0.2) is 9.98 Å². The van der Waals surface area contributed by atoms with E-state index >= 15 is 0 Å². The molecule has 2 N–H and O–H groups in total. The molecule has 0 spiro atoms. The second-order valence-corrected chi connectivity index (χ2v) is 9.77. The van der Waals surface area contributed by atoms with E-state index in [-0.39, 0.29) is 41.8 Å². The summed E-state index contributed by atoms with van der Waals surface area (Å²) in [6, 6.07) is 0. The summed E-state index contributed by atoms with van der Waals surface area (Å²) in [5, 5.41) is 10.1. The molecule has 0 radical (unpaired) electrons. The van der Waals surface area contributed by atoms with Crippen LogP contribution in [0, 0.1) is 5.92 Å². The van der Waals surface area contributed by atoms with E-state index in [1.165, 1.54) is 37.1 Å². The molecular weight excluding hydrogens is 497 g/mol. The van der Waals surface area contributed by atoms with Gasteiger partial charge in [0.1, 0.15) is 6.54 Å². The van der Waals surface area contributed by atoms with Crippen LogP contribution in [0.5, 0.6) is 0 Å². The third-order valence-electron chi connectivity index (χ3n) is 5.02. The molecule has 6 nitrogen and oxygen atoms in total. The fourth-order valence-electron chi connectivity index (χ4n) is 3.17. The maximum atomic E-state index is 11.9. The lowest BCUT2D eigenvalue weighted by Gasteiger charge is -2.23. The van der Waals surface area contributed by atoms with Crippen molar-refractivity contribution in [3.63, 3.8) is 0 Å². The molecule has 1 aliphatic carbocycles. The van der Waals surface area contributed by atoms with Crippen molar-refractivity contribution < 1.29 is 4.79 Å². The predicted octanol–water partition coefficient (Wildman–Crippen LogP) is 3.80. The van der Waals surface area contributed by atoms with Gasteiger partial charge in [0.15, 0.2) is 5.96 Å². The molecule has 1 saturated carbocycles. The number of hydrogen-bond acceptors (Lipinski definition) is 4. The van der Waals surface area contributed by atoms with Crippen molar-refractivity contribution in [2.45, 2.75) is 64.7 Å². The number of rotatable bonds is 7. The lowest BCUT2D eigenvalue weighted by atomic mass is 9.89. The molecule has 0 aromatic carbocycles. The van der Waals surface area contributed by atoms with Crippen molar-refractivity contribution in [1.29, 1.82) is 0 Å². The third kappa shape index (κ3) is 9.63. The first-order chi connectivity index (χ1) is 13.3. The van der Waals surface area contributed by atoms with Crippen molar-refractivity contribution in [2.24, 2.45) is 10.9 Å². The number of likely N-dealkylation sites (N-methyl/N-ethyl adjacent to an activating group) is 1. The van der Waals surface area contributed by atoms with E-state index in [1.54, 1.807) is 30.3 Å². The van der Waals surface area contributed by atoms with Crippen LogP contribution in [0.15, 0.2) is 10.4 Å². The van der Waals surface area contributed by atoms with Gasteiger partial charge in [-0.05, 0) is 18.8 Å². The van der Waals surface area contributed by atoms with Gasteiger partial charge < -0.3 is 15.5 Å². The molecule has 0 aliphatic heterocycles. The fourth-order valence-corrected chi connectivity index (χ4v) is 4.11.